The van der Waals surface area contributed by atoms with E-state index in [1.807, 2.05) is 11.1 Å². The number of carbonyl (C=O) groups excluding carboxylic acids is 1. The van der Waals surface area contributed by atoms with E-state index in [0.717, 1.165) is 45.6 Å². The second-order valence-electron chi connectivity index (χ2n) is 5.49. The van der Waals surface area contributed by atoms with Crippen LogP contribution in [0.1, 0.15) is 24.1 Å². The molecule has 3 heterocycles. The number of urea groups is 1. The van der Waals surface area contributed by atoms with Gasteiger partial charge in [-0.3, -0.25) is 10.00 Å². The minimum absolute atomic E-state index is 0.101. The summed E-state index contributed by atoms with van der Waals surface area (Å²) < 4.78 is 0. The fraction of sp³-hybridized carbons (Fsp3) is 0.692. The Morgan fingerprint density at radius 1 is 1.47 bits per heavy atom. The normalized spacial score (nSPS) is 24.8. The molecule has 0 radical (unpaired) electrons. The summed E-state index contributed by atoms with van der Waals surface area (Å²) in [5, 5.41) is 10.0. The highest BCUT2D eigenvalue weighted by molar-refractivity contribution is 5.76. The molecule has 2 aliphatic heterocycles. The van der Waals surface area contributed by atoms with E-state index < -0.39 is 0 Å². The van der Waals surface area contributed by atoms with Crippen LogP contribution in [0.15, 0.2) is 6.20 Å². The Balaban J connectivity index is 1.62. The van der Waals surface area contributed by atoms with Crippen LogP contribution in [0.25, 0.3) is 0 Å². The molecular weight excluding hydrogens is 242 g/mol. The third-order valence-corrected chi connectivity index (χ3v) is 4.13. The lowest BCUT2D eigenvalue weighted by molar-refractivity contribution is 0.121. The summed E-state index contributed by atoms with van der Waals surface area (Å²) in [5.74, 6) is 0. The number of piperidine rings is 1. The Kier molecular flexibility index (Phi) is 3.42. The predicted octanol–water partition coefficient (Wildman–Crippen LogP) is 0.708. The van der Waals surface area contributed by atoms with E-state index >= 15 is 0 Å². The van der Waals surface area contributed by atoms with Gasteiger partial charge in [0.1, 0.15) is 0 Å². The van der Waals surface area contributed by atoms with Crippen molar-refractivity contribution in [1.82, 2.24) is 25.3 Å². The van der Waals surface area contributed by atoms with Crippen LogP contribution in [0.2, 0.25) is 0 Å². The summed E-state index contributed by atoms with van der Waals surface area (Å²) >= 11 is 0. The topological polar surface area (TPSA) is 64.3 Å². The number of carbonyl (C=O) groups is 1. The third-order valence-electron chi connectivity index (χ3n) is 4.13. The van der Waals surface area contributed by atoms with Gasteiger partial charge >= 0.3 is 6.03 Å². The van der Waals surface area contributed by atoms with E-state index in [9.17, 15) is 4.79 Å². The number of H-pyrrole nitrogens is 1. The number of nitrogens with one attached hydrogen (secondary N) is 2. The molecule has 0 spiro atoms. The van der Waals surface area contributed by atoms with E-state index in [-0.39, 0.29) is 6.03 Å². The average Bonchev–Trinajstić information content (AvgIpc) is 3.00. The summed E-state index contributed by atoms with van der Waals surface area (Å²) in [6.07, 6.45) is 4.14. The molecule has 1 atom stereocenters. The number of aromatic amines is 1. The van der Waals surface area contributed by atoms with Crippen molar-refractivity contribution in [1.29, 1.82) is 0 Å². The van der Waals surface area contributed by atoms with Gasteiger partial charge in [-0.2, -0.15) is 5.10 Å². The van der Waals surface area contributed by atoms with E-state index in [1.165, 1.54) is 11.3 Å². The molecule has 0 aliphatic carbocycles. The molecule has 6 heteroatoms. The van der Waals surface area contributed by atoms with Gasteiger partial charge < -0.3 is 10.2 Å². The van der Waals surface area contributed by atoms with Crippen LogP contribution in [0.5, 0.6) is 0 Å². The number of amides is 2. The van der Waals surface area contributed by atoms with Crippen LogP contribution in [0, 0.1) is 6.92 Å². The highest BCUT2D eigenvalue weighted by atomic mass is 16.2. The summed E-state index contributed by atoms with van der Waals surface area (Å²) in [6, 6.07) is 0.462. The summed E-state index contributed by atoms with van der Waals surface area (Å²) in [5.41, 5.74) is 2.40. The minimum atomic E-state index is 0.101. The molecular formula is C13H21N5O. The Morgan fingerprint density at radius 2 is 2.37 bits per heavy atom. The second kappa shape index (κ2) is 5.21. The van der Waals surface area contributed by atoms with E-state index in [4.69, 9.17) is 0 Å². The van der Waals surface area contributed by atoms with Gasteiger partial charge in [0.25, 0.3) is 0 Å². The number of rotatable bonds is 3. The van der Waals surface area contributed by atoms with Crippen molar-refractivity contribution in [2.45, 2.75) is 32.4 Å². The van der Waals surface area contributed by atoms with E-state index in [0.29, 0.717) is 6.04 Å². The zero-order valence-corrected chi connectivity index (χ0v) is 11.4. The molecule has 0 aromatic carbocycles. The summed E-state index contributed by atoms with van der Waals surface area (Å²) in [4.78, 5) is 16.1. The first-order valence-electron chi connectivity index (χ1n) is 6.99. The molecule has 1 aromatic rings. The monoisotopic (exact) mass is 263 g/mol. The average molecular weight is 263 g/mol. The Morgan fingerprint density at radius 3 is 3.05 bits per heavy atom. The highest BCUT2D eigenvalue weighted by Crippen LogP contribution is 2.19. The van der Waals surface area contributed by atoms with Gasteiger partial charge in [-0.05, 0) is 31.9 Å². The van der Waals surface area contributed by atoms with Crippen LogP contribution in [-0.4, -0.2) is 58.2 Å². The molecule has 2 aliphatic rings. The molecule has 2 N–H and O–H groups in total. The lowest BCUT2D eigenvalue weighted by Crippen LogP contribution is -2.48. The molecule has 1 aromatic heterocycles. The van der Waals surface area contributed by atoms with Gasteiger partial charge in [0.15, 0.2) is 0 Å². The largest absolute Gasteiger partial charge is 0.336 e. The first-order chi connectivity index (χ1) is 9.24. The first kappa shape index (κ1) is 12.5. The molecule has 0 bridgehead atoms. The van der Waals surface area contributed by atoms with Crippen molar-refractivity contribution < 1.29 is 4.79 Å². The molecule has 2 fully saturated rings. The fourth-order valence-electron chi connectivity index (χ4n) is 3.02. The smallest absolute Gasteiger partial charge is 0.317 e. The standard InChI is InChI=1S/C13H21N5O/c1-10-7-15-16-12(10)9-17-5-2-3-11(8-17)18-6-4-14-13(18)19/h7,11H,2-6,8-9H2,1H3,(H,14,19)(H,15,16). The van der Waals surface area contributed by atoms with Gasteiger partial charge in [-0.1, -0.05) is 0 Å². The van der Waals surface area contributed by atoms with Crippen molar-refractivity contribution >= 4 is 6.03 Å². The number of hydrogen-bond acceptors (Lipinski definition) is 3. The van der Waals surface area contributed by atoms with Gasteiger partial charge in [-0.25, -0.2) is 4.79 Å². The van der Waals surface area contributed by atoms with Gasteiger partial charge in [0.05, 0.1) is 11.9 Å². The zero-order chi connectivity index (χ0) is 13.2. The number of aromatic nitrogens is 2. The summed E-state index contributed by atoms with van der Waals surface area (Å²) in [6.45, 7) is 6.68. The van der Waals surface area contributed by atoms with Crippen molar-refractivity contribution in [2.75, 3.05) is 26.2 Å². The molecule has 19 heavy (non-hydrogen) atoms. The Hall–Kier alpha value is -1.56. The van der Waals surface area contributed by atoms with Crippen molar-refractivity contribution in [2.24, 2.45) is 0 Å². The van der Waals surface area contributed by atoms with Crippen molar-refractivity contribution in [3.8, 4) is 0 Å². The van der Waals surface area contributed by atoms with E-state index in [2.05, 4.69) is 27.3 Å². The summed E-state index contributed by atoms with van der Waals surface area (Å²) in [7, 11) is 0. The van der Waals surface area contributed by atoms with Gasteiger partial charge in [0.2, 0.25) is 0 Å². The number of aryl methyl sites for hydroxylation is 1. The molecule has 3 rings (SSSR count). The second-order valence-corrected chi connectivity index (χ2v) is 5.49. The van der Waals surface area contributed by atoms with Gasteiger partial charge in [0, 0.05) is 32.2 Å². The molecule has 0 saturated carbocycles. The zero-order valence-electron chi connectivity index (χ0n) is 11.4. The van der Waals surface area contributed by atoms with E-state index in [1.54, 1.807) is 0 Å². The SMILES string of the molecule is Cc1cn[nH]c1CN1CCCC(N2CCNC2=O)C1. The maximum atomic E-state index is 11.7. The van der Waals surface area contributed by atoms with Crippen molar-refractivity contribution in [3.63, 3.8) is 0 Å². The van der Waals surface area contributed by atoms with Crippen LogP contribution in [0.4, 0.5) is 4.79 Å². The number of nitrogens with zero attached hydrogens (tertiary/aromatic N) is 3. The minimum Gasteiger partial charge on any atom is -0.336 e. The Bertz CT molecular complexity index is 458. The molecule has 1 unspecified atom stereocenters. The molecule has 2 amide bonds. The van der Waals surface area contributed by atoms with Crippen LogP contribution in [0.3, 0.4) is 0 Å². The molecule has 2 saturated heterocycles. The lowest BCUT2D eigenvalue weighted by atomic mass is 10.0. The maximum absolute atomic E-state index is 11.7. The van der Waals surface area contributed by atoms with Crippen molar-refractivity contribution in [3.05, 3.63) is 17.5 Å². The molecule has 6 nitrogen and oxygen atoms in total. The lowest BCUT2D eigenvalue weighted by Gasteiger charge is -2.36. The predicted molar refractivity (Wildman–Crippen MR) is 71.7 cm³/mol. The molecule has 104 valence electrons. The number of hydrogen-bond donors (Lipinski definition) is 2. The van der Waals surface area contributed by atoms with Crippen LogP contribution >= 0.6 is 0 Å². The fourth-order valence-corrected chi connectivity index (χ4v) is 3.02. The highest BCUT2D eigenvalue weighted by Gasteiger charge is 2.31. The third kappa shape index (κ3) is 2.58. The quantitative estimate of drug-likeness (QED) is 0.844. The maximum Gasteiger partial charge on any atom is 0.317 e. The van der Waals surface area contributed by atoms with Gasteiger partial charge in [-0.15, -0.1) is 0 Å². The Labute approximate surface area is 113 Å². The first-order valence-corrected chi connectivity index (χ1v) is 6.99. The number of likely N-dealkylation sites (tertiary alicyclic amines) is 1. The van der Waals surface area contributed by atoms with Crippen LogP contribution in [-0.2, 0) is 6.54 Å². The van der Waals surface area contributed by atoms with Crippen LogP contribution < -0.4 is 5.32 Å².